The molecule has 0 amide bonds. The molecule has 1 fully saturated rings. The standard InChI is InChI=1S/C8H17NO/c1-9-6-3-2-4-8(9)5-7-10/h8,10H,2-7H2,1H3/p+1/t8-/m0/s1. The number of nitrogens with one attached hydrogen (secondary N) is 1. The van der Waals surface area contributed by atoms with Gasteiger partial charge in [0.25, 0.3) is 0 Å². The number of hydrogen-bond donors (Lipinski definition) is 2. The Labute approximate surface area is 62.8 Å². The Balaban J connectivity index is 2.25. The van der Waals surface area contributed by atoms with Crippen LogP contribution in [0.1, 0.15) is 25.7 Å². The van der Waals surface area contributed by atoms with Crippen molar-refractivity contribution in [3.05, 3.63) is 0 Å². The van der Waals surface area contributed by atoms with Crippen LogP contribution >= 0.6 is 0 Å². The van der Waals surface area contributed by atoms with Crippen molar-refractivity contribution in [1.29, 1.82) is 0 Å². The highest BCUT2D eigenvalue weighted by molar-refractivity contribution is 4.59. The number of aliphatic hydroxyl groups excluding tert-OH is 1. The van der Waals surface area contributed by atoms with Crippen LogP contribution in [0.3, 0.4) is 0 Å². The highest BCUT2D eigenvalue weighted by atomic mass is 16.3. The molecule has 2 nitrogen and oxygen atoms in total. The van der Waals surface area contributed by atoms with E-state index in [0.29, 0.717) is 6.61 Å². The predicted molar refractivity (Wildman–Crippen MR) is 41.1 cm³/mol. The lowest BCUT2D eigenvalue weighted by molar-refractivity contribution is -0.911. The van der Waals surface area contributed by atoms with E-state index in [4.69, 9.17) is 5.11 Å². The first-order chi connectivity index (χ1) is 4.84. The van der Waals surface area contributed by atoms with Crippen LogP contribution in [0.2, 0.25) is 0 Å². The van der Waals surface area contributed by atoms with Crippen molar-refractivity contribution >= 4 is 0 Å². The van der Waals surface area contributed by atoms with Gasteiger partial charge in [-0.05, 0) is 19.3 Å². The topological polar surface area (TPSA) is 24.7 Å². The van der Waals surface area contributed by atoms with E-state index in [9.17, 15) is 0 Å². The molecule has 1 heterocycles. The van der Waals surface area contributed by atoms with E-state index in [-0.39, 0.29) is 0 Å². The summed E-state index contributed by atoms with van der Waals surface area (Å²) in [5, 5.41) is 8.72. The van der Waals surface area contributed by atoms with Gasteiger partial charge in [-0.25, -0.2) is 0 Å². The third-order valence-electron chi connectivity index (χ3n) is 2.55. The molecule has 2 heteroatoms. The first kappa shape index (κ1) is 8.02. The van der Waals surface area contributed by atoms with Crippen molar-refractivity contribution in [2.45, 2.75) is 31.7 Å². The summed E-state index contributed by atoms with van der Waals surface area (Å²) in [6.07, 6.45) is 5.04. The fraction of sp³-hybridized carbons (Fsp3) is 1.00. The zero-order valence-corrected chi connectivity index (χ0v) is 6.77. The van der Waals surface area contributed by atoms with Crippen molar-refractivity contribution in [3.63, 3.8) is 0 Å². The van der Waals surface area contributed by atoms with E-state index in [1.165, 1.54) is 25.8 Å². The van der Waals surface area contributed by atoms with Crippen LogP contribution in [0, 0.1) is 0 Å². The van der Waals surface area contributed by atoms with Gasteiger partial charge in [-0.15, -0.1) is 0 Å². The van der Waals surface area contributed by atoms with Gasteiger partial charge >= 0.3 is 0 Å². The number of piperidine rings is 1. The van der Waals surface area contributed by atoms with Gasteiger partial charge in [-0.1, -0.05) is 0 Å². The summed E-state index contributed by atoms with van der Waals surface area (Å²) >= 11 is 0. The third-order valence-corrected chi connectivity index (χ3v) is 2.55. The second-order valence-electron chi connectivity index (χ2n) is 3.30. The maximum atomic E-state index is 8.72. The van der Waals surface area contributed by atoms with Crippen LogP contribution in [-0.2, 0) is 0 Å². The van der Waals surface area contributed by atoms with Crippen LogP contribution in [0.15, 0.2) is 0 Å². The summed E-state index contributed by atoms with van der Waals surface area (Å²) in [7, 11) is 2.24. The molecule has 10 heavy (non-hydrogen) atoms. The Morgan fingerprint density at radius 2 is 2.30 bits per heavy atom. The van der Waals surface area contributed by atoms with Gasteiger partial charge < -0.3 is 10.0 Å². The molecule has 0 aromatic heterocycles. The number of rotatable bonds is 2. The van der Waals surface area contributed by atoms with Gasteiger partial charge in [0.2, 0.25) is 0 Å². The van der Waals surface area contributed by atoms with Crippen molar-refractivity contribution in [1.82, 2.24) is 0 Å². The van der Waals surface area contributed by atoms with Crippen molar-refractivity contribution < 1.29 is 10.0 Å². The maximum absolute atomic E-state index is 8.72. The van der Waals surface area contributed by atoms with E-state index >= 15 is 0 Å². The summed E-state index contributed by atoms with van der Waals surface area (Å²) in [5.41, 5.74) is 0. The highest BCUT2D eigenvalue weighted by Crippen LogP contribution is 2.04. The minimum absolute atomic E-state index is 0.363. The molecule has 0 radical (unpaired) electrons. The van der Waals surface area contributed by atoms with E-state index in [1.54, 1.807) is 4.90 Å². The molecular weight excluding hydrogens is 126 g/mol. The molecule has 1 aliphatic heterocycles. The fourth-order valence-electron chi connectivity index (χ4n) is 1.79. The van der Waals surface area contributed by atoms with E-state index < -0.39 is 0 Å². The average molecular weight is 144 g/mol. The molecule has 0 aromatic carbocycles. The molecule has 0 aliphatic carbocycles. The molecule has 0 aromatic rings. The molecule has 1 saturated heterocycles. The first-order valence-corrected chi connectivity index (χ1v) is 4.27. The van der Waals surface area contributed by atoms with Gasteiger partial charge in [-0.2, -0.15) is 0 Å². The molecule has 1 aliphatic rings. The molecule has 1 rings (SSSR count). The lowest BCUT2D eigenvalue weighted by atomic mass is 10.0. The fourth-order valence-corrected chi connectivity index (χ4v) is 1.79. The summed E-state index contributed by atoms with van der Waals surface area (Å²) < 4.78 is 0. The summed E-state index contributed by atoms with van der Waals surface area (Å²) in [6, 6.07) is 0.735. The van der Waals surface area contributed by atoms with E-state index in [0.717, 1.165) is 12.5 Å². The van der Waals surface area contributed by atoms with E-state index in [2.05, 4.69) is 7.05 Å². The summed E-state index contributed by atoms with van der Waals surface area (Å²) in [5.74, 6) is 0. The van der Waals surface area contributed by atoms with Crippen LogP contribution in [-0.4, -0.2) is 31.3 Å². The largest absolute Gasteiger partial charge is 0.396 e. The second-order valence-corrected chi connectivity index (χ2v) is 3.30. The molecule has 2 N–H and O–H groups in total. The van der Waals surface area contributed by atoms with Gasteiger partial charge in [-0.3, -0.25) is 0 Å². The normalized spacial score (nSPS) is 34.2. The van der Waals surface area contributed by atoms with Gasteiger partial charge in [0, 0.05) is 13.0 Å². The smallest absolute Gasteiger partial charge is 0.0894 e. The lowest BCUT2D eigenvalue weighted by Crippen LogP contribution is -3.13. The molecule has 0 bridgehead atoms. The number of likely N-dealkylation sites (tertiary alicyclic amines) is 1. The van der Waals surface area contributed by atoms with Gasteiger partial charge in [0.15, 0.2) is 0 Å². The summed E-state index contributed by atoms with van der Waals surface area (Å²) in [4.78, 5) is 1.61. The summed E-state index contributed by atoms with van der Waals surface area (Å²) in [6.45, 7) is 1.66. The first-order valence-electron chi connectivity index (χ1n) is 4.27. The SMILES string of the molecule is C[NH+]1CCCC[C@H]1CCO. The Morgan fingerprint density at radius 1 is 1.50 bits per heavy atom. The van der Waals surface area contributed by atoms with Crippen molar-refractivity contribution in [3.8, 4) is 0 Å². The van der Waals surface area contributed by atoms with E-state index in [1.807, 2.05) is 0 Å². The van der Waals surface area contributed by atoms with Gasteiger partial charge in [0.1, 0.15) is 0 Å². The second kappa shape index (κ2) is 3.94. The third kappa shape index (κ3) is 1.96. The Bertz CT molecular complexity index is 93.3. The predicted octanol–water partition coefficient (Wildman–Crippen LogP) is -0.564. The van der Waals surface area contributed by atoms with Crippen LogP contribution in [0.25, 0.3) is 0 Å². The Morgan fingerprint density at radius 3 is 2.90 bits per heavy atom. The molecule has 0 saturated carbocycles. The zero-order chi connectivity index (χ0) is 7.40. The minimum atomic E-state index is 0.363. The maximum Gasteiger partial charge on any atom is 0.0894 e. The van der Waals surface area contributed by atoms with Crippen molar-refractivity contribution in [2.24, 2.45) is 0 Å². The number of aliphatic hydroxyl groups is 1. The van der Waals surface area contributed by atoms with Crippen molar-refractivity contribution in [2.75, 3.05) is 20.2 Å². The molecule has 0 spiro atoms. The molecule has 1 unspecified atom stereocenters. The molecule has 60 valence electrons. The Kier molecular flexibility index (Phi) is 3.16. The highest BCUT2D eigenvalue weighted by Gasteiger charge is 2.21. The Hall–Kier alpha value is -0.0800. The number of quaternary nitrogens is 1. The molecular formula is C8H18NO+. The zero-order valence-electron chi connectivity index (χ0n) is 6.77. The number of hydrogen-bond acceptors (Lipinski definition) is 1. The minimum Gasteiger partial charge on any atom is -0.396 e. The molecule has 2 atom stereocenters. The monoisotopic (exact) mass is 144 g/mol. The lowest BCUT2D eigenvalue weighted by Gasteiger charge is -2.28. The van der Waals surface area contributed by atoms with Crippen LogP contribution < -0.4 is 4.90 Å². The van der Waals surface area contributed by atoms with Gasteiger partial charge in [0.05, 0.1) is 19.6 Å². The van der Waals surface area contributed by atoms with Crippen LogP contribution in [0.5, 0.6) is 0 Å². The van der Waals surface area contributed by atoms with Crippen LogP contribution in [0.4, 0.5) is 0 Å². The quantitative estimate of drug-likeness (QED) is 0.533. The average Bonchev–Trinajstić information content (AvgIpc) is 1.94.